The predicted octanol–water partition coefficient (Wildman–Crippen LogP) is 1.45. The van der Waals surface area contributed by atoms with E-state index in [0.717, 1.165) is 18.9 Å². The number of nitrogens with one attached hydrogen (secondary N) is 2. The zero-order chi connectivity index (χ0) is 15.3. The molecule has 0 spiro atoms. The summed E-state index contributed by atoms with van der Waals surface area (Å²) in [7, 11) is -1.07. The Balaban J connectivity index is 1.74. The van der Waals surface area contributed by atoms with Crippen LogP contribution in [-0.2, 0) is 9.84 Å². The average molecular weight is 329 g/mol. The van der Waals surface area contributed by atoms with Gasteiger partial charge in [-0.1, -0.05) is 13.0 Å². The van der Waals surface area contributed by atoms with Gasteiger partial charge in [0.15, 0.2) is 15.8 Å². The molecule has 1 saturated heterocycles. The summed E-state index contributed by atoms with van der Waals surface area (Å²) in [5.41, 5.74) is 0. The summed E-state index contributed by atoms with van der Waals surface area (Å²) in [6.45, 7) is 3.64. The number of thiophene rings is 1. The molecule has 1 aliphatic heterocycles. The molecule has 118 valence electrons. The van der Waals surface area contributed by atoms with Crippen LogP contribution < -0.4 is 10.6 Å². The third-order valence-corrected chi connectivity index (χ3v) is 6.65. The highest BCUT2D eigenvalue weighted by atomic mass is 32.2. The quantitative estimate of drug-likeness (QED) is 0.634. The van der Waals surface area contributed by atoms with E-state index in [1.165, 1.54) is 4.88 Å². The molecule has 0 aliphatic carbocycles. The van der Waals surface area contributed by atoms with Gasteiger partial charge in [-0.25, -0.2) is 8.42 Å². The van der Waals surface area contributed by atoms with Gasteiger partial charge in [0.25, 0.3) is 0 Å². The van der Waals surface area contributed by atoms with Gasteiger partial charge in [0.1, 0.15) is 0 Å². The van der Waals surface area contributed by atoms with Gasteiger partial charge in [0.2, 0.25) is 0 Å². The highest BCUT2D eigenvalue weighted by molar-refractivity contribution is 7.91. The summed E-state index contributed by atoms with van der Waals surface area (Å²) in [4.78, 5) is 5.53. The number of sulfone groups is 1. The fraction of sp³-hybridized carbons (Fsp3) is 0.643. The molecule has 5 nitrogen and oxygen atoms in total. The average Bonchev–Trinajstić information content (AvgIpc) is 3.08. The first-order chi connectivity index (χ1) is 10.00. The van der Waals surface area contributed by atoms with E-state index in [9.17, 15) is 8.42 Å². The lowest BCUT2D eigenvalue weighted by Crippen LogP contribution is -2.41. The molecule has 7 heteroatoms. The Bertz CT molecular complexity index is 567. The summed E-state index contributed by atoms with van der Waals surface area (Å²) >= 11 is 1.76. The van der Waals surface area contributed by atoms with Crippen molar-refractivity contribution in [2.75, 3.05) is 31.6 Å². The van der Waals surface area contributed by atoms with Gasteiger partial charge < -0.3 is 10.6 Å². The Morgan fingerprint density at radius 2 is 2.33 bits per heavy atom. The minimum absolute atomic E-state index is 0.197. The molecule has 2 heterocycles. The number of rotatable bonds is 5. The largest absolute Gasteiger partial charge is 0.356 e. The van der Waals surface area contributed by atoms with Crippen LogP contribution in [0.3, 0.4) is 0 Å². The van der Waals surface area contributed by atoms with Crippen molar-refractivity contribution in [3.8, 4) is 0 Å². The molecule has 0 amide bonds. The Hall–Kier alpha value is -1.08. The van der Waals surface area contributed by atoms with Crippen molar-refractivity contribution in [1.82, 2.24) is 10.6 Å². The Morgan fingerprint density at radius 1 is 1.52 bits per heavy atom. The van der Waals surface area contributed by atoms with Crippen molar-refractivity contribution in [2.24, 2.45) is 10.9 Å². The van der Waals surface area contributed by atoms with Crippen LogP contribution in [0.5, 0.6) is 0 Å². The smallest absolute Gasteiger partial charge is 0.191 e. The molecule has 1 aromatic heterocycles. The minimum atomic E-state index is -2.80. The molecular formula is C14H23N3O2S2. The lowest BCUT2D eigenvalue weighted by molar-refractivity contribution is 0.565. The first-order valence-corrected chi connectivity index (χ1v) is 9.88. The summed E-state index contributed by atoms with van der Waals surface area (Å²) in [6.07, 6.45) is 0.748. The van der Waals surface area contributed by atoms with E-state index < -0.39 is 9.84 Å². The van der Waals surface area contributed by atoms with Crippen LogP contribution in [-0.4, -0.2) is 46.0 Å². The molecule has 2 rings (SSSR count). The first-order valence-electron chi connectivity index (χ1n) is 7.18. The van der Waals surface area contributed by atoms with E-state index in [2.05, 4.69) is 40.1 Å². The van der Waals surface area contributed by atoms with E-state index in [0.29, 0.717) is 24.0 Å². The normalized spacial score (nSPS) is 23.0. The highest BCUT2D eigenvalue weighted by Gasteiger charge is 2.27. The molecule has 2 N–H and O–H groups in total. The van der Waals surface area contributed by atoms with Crippen molar-refractivity contribution in [3.63, 3.8) is 0 Å². The van der Waals surface area contributed by atoms with Crippen LogP contribution in [0.25, 0.3) is 0 Å². The highest BCUT2D eigenvalue weighted by Crippen LogP contribution is 2.19. The first kappa shape index (κ1) is 16.3. The van der Waals surface area contributed by atoms with E-state index in [1.807, 2.05) is 0 Å². The van der Waals surface area contributed by atoms with Crippen molar-refractivity contribution in [2.45, 2.75) is 19.3 Å². The Labute approximate surface area is 130 Å². The molecule has 0 bridgehead atoms. The molecule has 2 atom stereocenters. The second-order valence-electron chi connectivity index (χ2n) is 5.52. The number of hydrogen-bond acceptors (Lipinski definition) is 4. The van der Waals surface area contributed by atoms with Crippen LogP contribution in [0.2, 0.25) is 0 Å². The van der Waals surface area contributed by atoms with Gasteiger partial charge in [-0.05, 0) is 23.8 Å². The Morgan fingerprint density at radius 3 is 2.90 bits per heavy atom. The van der Waals surface area contributed by atoms with Crippen molar-refractivity contribution in [1.29, 1.82) is 0 Å². The minimum Gasteiger partial charge on any atom is -0.356 e. The number of guanidine groups is 1. The van der Waals surface area contributed by atoms with Crippen LogP contribution >= 0.6 is 11.3 Å². The lowest BCUT2D eigenvalue weighted by atomic mass is 10.1. The predicted molar refractivity (Wildman–Crippen MR) is 88.9 cm³/mol. The molecule has 0 aromatic carbocycles. The summed E-state index contributed by atoms with van der Waals surface area (Å²) in [5.74, 6) is 1.98. The fourth-order valence-corrected chi connectivity index (χ4v) is 5.07. The topological polar surface area (TPSA) is 70.6 Å². The Kier molecular flexibility index (Phi) is 5.64. The molecule has 1 aromatic rings. The summed E-state index contributed by atoms with van der Waals surface area (Å²) < 4.78 is 22.9. The third-order valence-electron chi connectivity index (χ3n) is 3.71. The van der Waals surface area contributed by atoms with Gasteiger partial charge in [-0.3, -0.25) is 4.99 Å². The molecular weight excluding hydrogens is 306 g/mol. The molecule has 1 fully saturated rings. The zero-order valence-electron chi connectivity index (χ0n) is 12.5. The SMILES string of the molecule is CN=C(NCC1CCS(=O)(=O)C1)NCC(C)c1cccs1. The van der Waals surface area contributed by atoms with Gasteiger partial charge in [0.05, 0.1) is 11.5 Å². The van der Waals surface area contributed by atoms with Crippen molar-refractivity contribution in [3.05, 3.63) is 22.4 Å². The van der Waals surface area contributed by atoms with Gasteiger partial charge in [-0.15, -0.1) is 11.3 Å². The van der Waals surface area contributed by atoms with E-state index >= 15 is 0 Å². The van der Waals surface area contributed by atoms with Gasteiger partial charge >= 0.3 is 0 Å². The maximum Gasteiger partial charge on any atom is 0.191 e. The molecule has 0 saturated carbocycles. The summed E-state index contributed by atoms with van der Waals surface area (Å²) in [5, 5.41) is 8.61. The van der Waals surface area contributed by atoms with Gasteiger partial charge in [-0.2, -0.15) is 0 Å². The van der Waals surface area contributed by atoms with Crippen LogP contribution in [0.15, 0.2) is 22.5 Å². The molecule has 1 aliphatic rings. The van der Waals surface area contributed by atoms with Crippen LogP contribution in [0.1, 0.15) is 24.1 Å². The second kappa shape index (κ2) is 7.26. The molecule has 0 radical (unpaired) electrons. The van der Waals surface area contributed by atoms with Crippen LogP contribution in [0, 0.1) is 5.92 Å². The number of hydrogen-bond donors (Lipinski definition) is 2. The lowest BCUT2D eigenvalue weighted by Gasteiger charge is -2.16. The van der Waals surface area contributed by atoms with E-state index in [4.69, 9.17) is 0 Å². The second-order valence-corrected chi connectivity index (χ2v) is 8.73. The maximum absolute atomic E-state index is 11.4. The van der Waals surface area contributed by atoms with Crippen LogP contribution in [0.4, 0.5) is 0 Å². The summed E-state index contributed by atoms with van der Waals surface area (Å²) in [6, 6.07) is 4.20. The zero-order valence-corrected chi connectivity index (χ0v) is 14.1. The number of aliphatic imine (C=N–C) groups is 1. The fourth-order valence-electron chi connectivity index (χ4n) is 2.42. The molecule has 21 heavy (non-hydrogen) atoms. The van der Waals surface area contributed by atoms with Gasteiger partial charge in [0, 0.05) is 30.9 Å². The standard InChI is InChI=1S/C14H23N3O2S2/c1-11(13-4-3-6-20-13)8-16-14(15-2)17-9-12-5-7-21(18,19)10-12/h3-4,6,11-12H,5,7-10H2,1-2H3,(H2,15,16,17). The third kappa shape index (κ3) is 5.00. The molecule has 2 unspecified atom stereocenters. The monoisotopic (exact) mass is 329 g/mol. The van der Waals surface area contributed by atoms with Crippen molar-refractivity contribution >= 4 is 27.1 Å². The van der Waals surface area contributed by atoms with E-state index in [1.54, 1.807) is 18.4 Å². The van der Waals surface area contributed by atoms with E-state index in [-0.39, 0.29) is 5.92 Å². The maximum atomic E-state index is 11.4. The van der Waals surface area contributed by atoms with Crippen molar-refractivity contribution < 1.29 is 8.42 Å². The number of nitrogens with zero attached hydrogens (tertiary/aromatic N) is 1.